The van der Waals surface area contributed by atoms with E-state index in [0.29, 0.717) is 13.0 Å². The first kappa shape index (κ1) is 43.9. The number of anilines is 1. The van der Waals surface area contributed by atoms with Gasteiger partial charge in [0.15, 0.2) is 11.2 Å². The van der Waals surface area contributed by atoms with Crippen molar-refractivity contribution in [3.63, 3.8) is 0 Å². The number of nitrogen functional groups attached to an aromatic ring is 1. The molecular weight excluding hydrogens is 744 g/mol. The van der Waals surface area contributed by atoms with Crippen molar-refractivity contribution >= 4 is 32.5 Å². The SMILES string of the molecule is C#C.Cc1cn([C@@H]2CC(CP(=O)(O)OC[C@@H]3O[C@H](n4cnc5c(=O)[nH]c(N)nc54)C[C@H]3O)[C@H](COP(=O)(O)OCCCCCCN)O2)c(=O)[nH]c1=O.N.[3HH]. The molecule has 22 nitrogen and oxygen atoms in total. The predicted octanol–water partition coefficient (Wildman–Crippen LogP) is 0.625. The zero-order chi connectivity index (χ0) is 38.2. The Kier molecular flexibility index (Phi) is 15.9. The number of aromatic nitrogens is 6. The van der Waals surface area contributed by atoms with Gasteiger partial charge in [-0.1, -0.05) is 12.8 Å². The van der Waals surface area contributed by atoms with Crippen molar-refractivity contribution in [2.45, 2.75) is 76.2 Å². The molecule has 3 aromatic rings. The molecule has 2 fully saturated rings. The third kappa shape index (κ3) is 11.5. The smallest absolute Gasteiger partial charge is 0.390 e. The van der Waals surface area contributed by atoms with E-state index in [1.54, 1.807) is 0 Å². The number of nitrogens with zero attached hydrogens (tertiary/aromatic N) is 4. The second-order valence-corrected chi connectivity index (χ2v) is 15.6. The number of H-pyrrole nitrogens is 2. The number of phosphoric ester groups is 1. The van der Waals surface area contributed by atoms with Crippen LogP contribution in [0.4, 0.5) is 5.95 Å². The molecule has 0 aliphatic carbocycles. The van der Waals surface area contributed by atoms with E-state index in [-0.39, 0.29) is 49.7 Å². The highest BCUT2D eigenvalue weighted by Crippen LogP contribution is 2.50. The number of aliphatic hydroxyl groups is 1. The van der Waals surface area contributed by atoms with Crippen LogP contribution in [-0.4, -0.2) is 94.8 Å². The van der Waals surface area contributed by atoms with Crippen molar-refractivity contribution in [1.29, 1.82) is 0 Å². The fraction of sp³-hybridized carbons (Fsp3) is 0.621. The van der Waals surface area contributed by atoms with Gasteiger partial charge in [0, 0.05) is 25.5 Å². The van der Waals surface area contributed by atoms with E-state index < -0.39 is 88.3 Å². The summed E-state index contributed by atoms with van der Waals surface area (Å²) in [5.74, 6) is -0.991. The first-order chi connectivity index (χ1) is 24.7. The van der Waals surface area contributed by atoms with E-state index in [0.717, 1.165) is 23.8 Å². The standard InChI is InChI=1S/C27H42N8O13P2.C2H2.H3N.H2/c1-15-10-34(27(39)33-24(15)37)20-8-16(18(47-20)11-46-50(42,43)44-7-5-3-2-4-6-28)13-49(40,41)45-12-19-17(36)9-21(48-19)35-14-30-22-23(35)31-26(29)32-25(22)38;1-2;;/h10,14,16-21,36H,2-9,11-13,28H2,1H3,(H,40,41)(H,42,43)(H,33,37,39)(H3,29,31,32,38);1-2H;1H3;1H/t16?,17-,18+,19+,20+,21+;;;/m1.../s1/i;;;1+2. The van der Waals surface area contributed by atoms with Gasteiger partial charge in [-0.2, -0.15) is 4.98 Å². The van der Waals surface area contributed by atoms with Gasteiger partial charge in [-0.05, 0) is 32.7 Å². The van der Waals surface area contributed by atoms with Crippen molar-refractivity contribution in [2.24, 2.45) is 11.7 Å². The molecule has 24 heteroatoms. The van der Waals surface area contributed by atoms with E-state index in [4.69, 9.17) is 34.5 Å². The zero-order valence-electron chi connectivity index (χ0n) is 29.0. The van der Waals surface area contributed by atoms with Crippen molar-refractivity contribution in [3.05, 3.63) is 49.3 Å². The number of aliphatic hydroxyl groups excluding tert-OH is 1. The number of nitrogens with one attached hydrogen (secondary N) is 2. The molecule has 53 heavy (non-hydrogen) atoms. The van der Waals surface area contributed by atoms with Crippen LogP contribution in [0, 0.1) is 25.7 Å². The van der Waals surface area contributed by atoms with Gasteiger partial charge >= 0.3 is 21.1 Å². The van der Waals surface area contributed by atoms with Crippen LogP contribution >= 0.6 is 15.4 Å². The van der Waals surface area contributed by atoms with Crippen LogP contribution in [0.1, 0.15) is 58.0 Å². The average Bonchev–Trinajstić information content (AvgIpc) is 3.80. The minimum atomic E-state index is -4.54. The number of ether oxygens (including phenoxy) is 2. The zero-order valence-corrected chi connectivity index (χ0v) is 30.8. The lowest BCUT2D eigenvalue weighted by atomic mass is 10.0. The fourth-order valence-corrected chi connectivity index (χ4v) is 8.07. The maximum atomic E-state index is 13.4. The summed E-state index contributed by atoms with van der Waals surface area (Å²) in [5, 5.41) is 10.7. The highest BCUT2D eigenvalue weighted by Gasteiger charge is 2.43. The van der Waals surface area contributed by atoms with Crippen LogP contribution in [0.25, 0.3) is 11.2 Å². The van der Waals surface area contributed by atoms with Gasteiger partial charge in [0.1, 0.15) is 18.6 Å². The molecule has 298 valence electrons. The van der Waals surface area contributed by atoms with Crippen LogP contribution in [0.2, 0.25) is 0 Å². The number of aryl methyl sites for hydroxylation is 1. The molecule has 0 aromatic carbocycles. The van der Waals surface area contributed by atoms with Gasteiger partial charge in [0.05, 0.1) is 44.5 Å². The number of nitrogens with two attached hydrogens (primary N) is 2. The summed E-state index contributed by atoms with van der Waals surface area (Å²) >= 11 is 0. The average molecular weight is 796 g/mol. The Morgan fingerprint density at radius 1 is 0.981 bits per heavy atom. The Balaban J connectivity index is 0.00000248. The lowest BCUT2D eigenvalue weighted by Crippen LogP contribution is -2.33. The molecule has 3 unspecified atom stereocenters. The minimum absolute atomic E-state index is 0. The molecule has 0 spiro atoms. The number of rotatable bonds is 17. The molecule has 5 heterocycles. The molecule has 0 bridgehead atoms. The number of fused-ring (bicyclic) bond motifs is 1. The second kappa shape index (κ2) is 19.2. The third-order valence-electron chi connectivity index (χ3n) is 8.44. The maximum Gasteiger partial charge on any atom is 0.472 e. The van der Waals surface area contributed by atoms with E-state index in [9.17, 15) is 38.4 Å². The molecule has 0 radical (unpaired) electrons. The number of aromatic amines is 2. The number of unbranched alkanes of at least 4 members (excludes halogenated alkanes) is 3. The van der Waals surface area contributed by atoms with Crippen LogP contribution < -0.4 is 34.4 Å². The Labute approximate surface area is 304 Å². The van der Waals surface area contributed by atoms with E-state index >= 15 is 0 Å². The van der Waals surface area contributed by atoms with Crippen LogP contribution in [-0.2, 0) is 32.2 Å². The molecule has 2 saturated heterocycles. The van der Waals surface area contributed by atoms with Gasteiger partial charge in [-0.25, -0.2) is 14.3 Å². The molecule has 3 aromatic heterocycles. The molecule has 2 aliphatic heterocycles. The minimum Gasteiger partial charge on any atom is -0.390 e. The summed E-state index contributed by atoms with van der Waals surface area (Å²) in [4.78, 5) is 70.4. The number of hydrogen-bond donors (Lipinski definition) is 8. The molecule has 5 rings (SSSR count). The number of phosphoric acid groups is 1. The quantitative estimate of drug-likeness (QED) is 0.0527. The van der Waals surface area contributed by atoms with Crippen LogP contribution in [0.15, 0.2) is 26.9 Å². The van der Waals surface area contributed by atoms with Crippen molar-refractivity contribution in [3.8, 4) is 12.8 Å². The second-order valence-electron chi connectivity index (χ2n) is 12.2. The normalized spacial score (nSPS) is 24.9. The van der Waals surface area contributed by atoms with Crippen molar-refractivity contribution in [2.75, 3.05) is 38.3 Å². The van der Waals surface area contributed by atoms with Gasteiger partial charge in [0.2, 0.25) is 5.95 Å². The van der Waals surface area contributed by atoms with Gasteiger partial charge < -0.3 is 46.5 Å². The Bertz CT molecular complexity index is 1970. The Morgan fingerprint density at radius 2 is 1.64 bits per heavy atom. The Morgan fingerprint density at radius 3 is 2.36 bits per heavy atom. The number of imidazole rings is 1. The van der Waals surface area contributed by atoms with Crippen LogP contribution in [0.3, 0.4) is 0 Å². The highest BCUT2D eigenvalue weighted by atomic mass is 31.2. The lowest BCUT2D eigenvalue weighted by molar-refractivity contribution is -0.0406. The van der Waals surface area contributed by atoms with E-state index in [2.05, 4.69) is 32.8 Å². The summed E-state index contributed by atoms with van der Waals surface area (Å²) < 4.78 is 55.9. The van der Waals surface area contributed by atoms with E-state index in [1.165, 1.54) is 24.0 Å². The monoisotopic (exact) mass is 795 g/mol. The fourth-order valence-electron chi connectivity index (χ4n) is 5.84. The molecule has 12 N–H and O–H groups in total. The first-order valence-electron chi connectivity index (χ1n) is 16.3. The van der Waals surface area contributed by atoms with Gasteiger partial charge in [-0.15, -0.1) is 12.8 Å². The van der Waals surface area contributed by atoms with Gasteiger partial charge in [0.25, 0.3) is 11.1 Å². The largest absolute Gasteiger partial charge is 0.472 e. The summed E-state index contributed by atoms with van der Waals surface area (Å²) in [6, 6.07) is 0. The summed E-state index contributed by atoms with van der Waals surface area (Å²) in [7, 11) is -9.01. The van der Waals surface area contributed by atoms with Gasteiger partial charge in [-0.3, -0.25) is 42.3 Å². The molecule has 8 atom stereocenters. The highest BCUT2D eigenvalue weighted by molar-refractivity contribution is 7.52. The molecule has 2 aliphatic rings. The predicted molar refractivity (Wildman–Crippen MR) is 192 cm³/mol. The number of terminal acetylenes is 1. The van der Waals surface area contributed by atoms with Crippen LogP contribution in [0.5, 0.6) is 0 Å². The molecular formula is C29H49N9O13P2. The van der Waals surface area contributed by atoms with E-state index in [1.807, 2.05) is 0 Å². The summed E-state index contributed by atoms with van der Waals surface area (Å²) in [6.45, 7) is 0.943. The maximum absolute atomic E-state index is 13.4. The summed E-state index contributed by atoms with van der Waals surface area (Å²) in [6.07, 6.45) is 7.81. The lowest BCUT2D eigenvalue weighted by Gasteiger charge is -2.23. The first-order valence-corrected chi connectivity index (χ1v) is 19.6. The summed E-state index contributed by atoms with van der Waals surface area (Å²) in [5.41, 5.74) is 9.54. The van der Waals surface area contributed by atoms with Crippen molar-refractivity contribution < 1.29 is 48.5 Å². The molecule has 0 amide bonds. The topological polar surface area (TPSA) is 346 Å². The molecule has 0 saturated carbocycles. The number of hydrogen-bond acceptors (Lipinski definition) is 16. The third-order valence-corrected chi connectivity index (χ3v) is 10.9. The van der Waals surface area contributed by atoms with Crippen molar-refractivity contribution in [1.82, 2.24) is 35.2 Å². The Hall–Kier alpha value is -3.55.